The Labute approximate surface area is 116 Å². The average Bonchev–Trinajstić information content (AvgIpc) is 2.41. The first-order chi connectivity index (χ1) is 9.51. The van der Waals surface area contributed by atoms with Crippen molar-refractivity contribution in [3.8, 4) is 0 Å². The Balaban J connectivity index is 2.14. The van der Waals surface area contributed by atoms with Crippen LogP contribution in [-0.4, -0.2) is 34.0 Å². The number of aryl methyl sites for hydroxylation is 2. The monoisotopic (exact) mass is 276 g/mol. The van der Waals surface area contributed by atoms with Gasteiger partial charge in [-0.15, -0.1) is 0 Å². The van der Waals surface area contributed by atoms with Crippen molar-refractivity contribution >= 4 is 17.7 Å². The molecule has 106 valence electrons. The summed E-state index contributed by atoms with van der Waals surface area (Å²) >= 11 is 0. The molecule has 7 heteroatoms. The molecule has 1 saturated heterocycles. The molecule has 2 N–H and O–H groups in total. The summed E-state index contributed by atoms with van der Waals surface area (Å²) in [6.45, 7) is 3.62. The Morgan fingerprint density at radius 1 is 1.45 bits per heavy atom. The Kier molecular flexibility index (Phi) is 4.07. The number of aromatic nitrogens is 2. The number of nitrogens with one attached hydrogen (secondary N) is 2. The molecule has 1 atom stereocenters. The summed E-state index contributed by atoms with van der Waals surface area (Å²) in [6.07, 6.45) is 1.12. The maximum absolute atomic E-state index is 12.2. The minimum atomic E-state index is -0.682. The van der Waals surface area contributed by atoms with E-state index in [9.17, 15) is 14.4 Å². The number of piperidine rings is 1. The molecule has 1 unspecified atom stereocenters. The van der Waals surface area contributed by atoms with E-state index in [1.165, 1.54) is 0 Å². The lowest BCUT2D eigenvalue weighted by molar-refractivity contribution is -0.134. The lowest BCUT2D eigenvalue weighted by Crippen LogP contribution is -2.52. The fourth-order valence-corrected chi connectivity index (χ4v) is 2.04. The number of rotatable bonds is 3. The zero-order valence-corrected chi connectivity index (χ0v) is 11.4. The number of carbonyl (C=O) groups is 3. The number of carbonyl (C=O) groups excluding carboxylic acids is 3. The van der Waals surface area contributed by atoms with Gasteiger partial charge in [0.1, 0.15) is 6.04 Å². The molecule has 1 fully saturated rings. The van der Waals surface area contributed by atoms with Crippen LogP contribution in [0.1, 0.15) is 41.5 Å². The number of hydrogen-bond donors (Lipinski definition) is 2. The fourth-order valence-electron chi connectivity index (χ4n) is 2.04. The van der Waals surface area contributed by atoms with Gasteiger partial charge in [-0.3, -0.25) is 19.7 Å². The summed E-state index contributed by atoms with van der Waals surface area (Å²) < 4.78 is 0. The van der Waals surface area contributed by atoms with Crippen molar-refractivity contribution < 1.29 is 14.4 Å². The SMILES string of the molecule is CCc1nnc(C)cc1C(=O)NC1CCC(=O)NC1=O. The van der Waals surface area contributed by atoms with Gasteiger partial charge in [0.15, 0.2) is 0 Å². The van der Waals surface area contributed by atoms with Crippen LogP contribution in [0.2, 0.25) is 0 Å². The minimum Gasteiger partial charge on any atom is -0.340 e. The summed E-state index contributed by atoms with van der Waals surface area (Å²) in [5.74, 6) is -1.14. The van der Waals surface area contributed by atoms with Gasteiger partial charge in [0.2, 0.25) is 11.8 Å². The van der Waals surface area contributed by atoms with E-state index in [0.717, 1.165) is 0 Å². The van der Waals surface area contributed by atoms with Gasteiger partial charge >= 0.3 is 0 Å². The van der Waals surface area contributed by atoms with Crippen molar-refractivity contribution in [2.75, 3.05) is 0 Å². The van der Waals surface area contributed by atoms with Gasteiger partial charge in [-0.1, -0.05) is 6.92 Å². The Morgan fingerprint density at radius 2 is 2.20 bits per heavy atom. The zero-order chi connectivity index (χ0) is 14.7. The number of hydrogen-bond acceptors (Lipinski definition) is 5. The smallest absolute Gasteiger partial charge is 0.253 e. The van der Waals surface area contributed by atoms with E-state index in [0.29, 0.717) is 29.8 Å². The lowest BCUT2D eigenvalue weighted by atomic mass is 10.0. The van der Waals surface area contributed by atoms with E-state index in [1.807, 2.05) is 6.92 Å². The van der Waals surface area contributed by atoms with Crippen LogP contribution in [0.15, 0.2) is 6.07 Å². The topological polar surface area (TPSA) is 101 Å². The molecule has 1 aliphatic rings. The highest BCUT2D eigenvalue weighted by Gasteiger charge is 2.28. The summed E-state index contributed by atoms with van der Waals surface area (Å²) in [5.41, 5.74) is 1.64. The van der Waals surface area contributed by atoms with Gasteiger partial charge in [-0.2, -0.15) is 10.2 Å². The molecule has 2 heterocycles. The molecule has 20 heavy (non-hydrogen) atoms. The molecule has 0 aliphatic carbocycles. The van der Waals surface area contributed by atoms with Crippen LogP contribution in [-0.2, 0) is 16.0 Å². The molecule has 0 saturated carbocycles. The van der Waals surface area contributed by atoms with E-state index in [2.05, 4.69) is 20.8 Å². The largest absolute Gasteiger partial charge is 0.340 e. The number of imide groups is 1. The summed E-state index contributed by atoms with van der Waals surface area (Å²) in [5, 5.41) is 12.7. The second-order valence-corrected chi connectivity index (χ2v) is 4.68. The first-order valence-electron chi connectivity index (χ1n) is 6.49. The van der Waals surface area contributed by atoms with Crippen LogP contribution in [0.5, 0.6) is 0 Å². The zero-order valence-electron chi connectivity index (χ0n) is 11.4. The van der Waals surface area contributed by atoms with Crippen LogP contribution < -0.4 is 10.6 Å². The van der Waals surface area contributed by atoms with E-state index < -0.39 is 11.9 Å². The molecule has 1 aliphatic heterocycles. The van der Waals surface area contributed by atoms with Crippen molar-refractivity contribution in [1.29, 1.82) is 0 Å². The molecule has 0 bridgehead atoms. The minimum absolute atomic E-state index is 0.227. The quantitative estimate of drug-likeness (QED) is 0.750. The van der Waals surface area contributed by atoms with Crippen molar-refractivity contribution in [1.82, 2.24) is 20.8 Å². The molecule has 1 aromatic rings. The molecule has 7 nitrogen and oxygen atoms in total. The molecule has 0 spiro atoms. The van der Waals surface area contributed by atoms with Crippen LogP contribution in [0.25, 0.3) is 0 Å². The fraction of sp³-hybridized carbons (Fsp3) is 0.462. The van der Waals surface area contributed by atoms with E-state index >= 15 is 0 Å². The van der Waals surface area contributed by atoms with Crippen molar-refractivity contribution in [2.45, 2.75) is 39.2 Å². The van der Waals surface area contributed by atoms with Crippen molar-refractivity contribution in [2.24, 2.45) is 0 Å². The van der Waals surface area contributed by atoms with Gasteiger partial charge in [-0.25, -0.2) is 0 Å². The van der Waals surface area contributed by atoms with Crippen LogP contribution in [0.3, 0.4) is 0 Å². The maximum Gasteiger partial charge on any atom is 0.253 e. The first kappa shape index (κ1) is 14.1. The Hall–Kier alpha value is -2.31. The van der Waals surface area contributed by atoms with Crippen molar-refractivity contribution in [3.05, 3.63) is 23.0 Å². The molecular weight excluding hydrogens is 260 g/mol. The standard InChI is InChI=1S/C13H16N4O3/c1-3-9-8(6-7(2)16-17-9)12(19)14-10-4-5-11(18)15-13(10)20/h6,10H,3-5H2,1-2H3,(H,14,19)(H,15,18,20). The second-order valence-electron chi connectivity index (χ2n) is 4.68. The molecular formula is C13H16N4O3. The average molecular weight is 276 g/mol. The summed E-state index contributed by atoms with van der Waals surface area (Å²) in [4.78, 5) is 34.9. The number of amides is 3. The third-order valence-electron chi connectivity index (χ3n) is 3.12. The van der Waals surface area contributed by atoms with Gasteiger partial charge in [0.05, 0.1) is 17.0 Å². The maximum atomic E-state index is 12.2. The highest BCUT2D eigenvalue weighted by Crippen LogP contribution is 2.10. The van der Waals surface area contributed by atoms with Gasteiger partial charge in [-0.05, 0) is 25.8 Å². The number of nitrogens with zero attached hydrogens (tertiary/aromatic N) is 2. The third kappa shape index (κ3) is 2.98. The van der Waals surface area contributed by atoms with Crippen molar-refractivity contribution in [3.63, 3.8) is 0 Å². The summed E-state index contributed by atoms with van der Waals surface area (Å²) in [6, 6.07) is 0.964. The first-order valence-corrected chi connectivity index (χ1v) is 6.49. The van der Waals surface area contributed by atoms with E-state index in [4.69, 9.17) is 0 Å². The predicted octanol–water partition coefficient (Wildman–Crippen LogP) is -0.118. The van der Waals surface area contributed by atoms with Gasteiger partial charge in [0.25, 0.3) is 5.91 Å². The molecule has 3 amide bonds. The predicted molar refractivity (Wildman–Crippen MR) is 69.8 cm³/mol. The highest BCUT2D eigenvalue weighted by molar-refractivity contribution is 6.04. The molecule has 1 aromatic heterocycles. The van der Waals surface area contributed by atoms with Crippen LogP contribution in [0, 0.1) is 6.92 Å². The molecule has 0 aromatic carbocycles. The lowest BCUT2D eigenvalue weighted by Gasteiger charge is -2.22. The van der Waals surface area contributed by atoms with Gasteiger partial charge < -0.3 is 5.32 Å². The van der Waals surface area contributed by atoms with E-state index in [-0.39, 0.29) is 18.2 Å². The van der Waals surface area contributed by atoms with Gasteiger partial charge in [0, 0.05) is 6.42 Å². The normalized spacial score (nSPS) is 18.6. The molecule has 0 radical (unpaired) electrons. The third-order valence-corrected chi connectivity index (χ3v) is 3.12. The summed E-state index contributed by atoms with van der Waals surface area (Å²) in [7, 11) is 0. The van der Waals surface area contributed by atoms with E-state index in [1.54, 1.807) is 13.0 Å². The van der Waals surface area contributed by atoms with Crippen LogP contribution in [0.4, 0.5) is 0 Å². The second kappa shape index (κ2) is 5.77. The highest BCUT2D eigenvalue weighted by atomic mass is 16.2. The Bertz CT molecular complexity index is 571. The van der Waals surface area contributed by atoms with Crippen LogP contribution >= 0.6 is 0 Å². The Morgan fingerprint density at radius 3 is 2.85 bits per heavy atom. The molecule has 2 rings (SSSR count).